The van der Waals surface area contributed by atoms with Crippen LogP contribution in [0.4, 0.5) is 0 Å². The average molecular weight is 1530 g/mol. The van der Waals surface area contributed by atoms with E-state index in [0.29, 0.717) is 66.1 Å². The van der Waals surface area contributed by atoms with Gasteiger partial charge in [0.1, 0.15) is 0 Å². The number of allylic oxidation sites excluding steroid dienone is 4. The Kier molecular flexibility index (Phi) is 17.3. The largest absolute Gasteiger partial charge is 0.340 e. The molecule has 21 rings (SSSR count). The lowest BCUT2D eigenvalue weighted by Crippen LogP contribution is -2.70. The minimum atomic E-state index is -1.07. The Bertz CT molecular complexity index is 5070. The first kappa shape index (κ1) is 73.9. The van der Waals surface area contributed by atoms with E-state index in [9.17, 15) is 0 Å². The molecule has 11 aliphatic rings. The Morgan fingerprint density at radius 3 is 0.539 bits per heavy atom. The first-order chi connectivity index (χ1) is 56.1. The molecule has 5 heterocycles. The van der Waals surface area contributed by atoms with E-state index < -0.39 is 56.0 Å². The van der Waals surface area contributed by atoms with Crippen LogP contribution in [0.15, 0.2) is 295 Å². The van der Waals surface area contributed by atoms with Gasteiger partial charge in [0.15, 0.2) is 0 Å². The quantitative estimate of drug-likeness (QED) is 0.0988. The maximum Gasteiger partial charge on any atom is 0.222 e. The zero-order valence-electron chi connectivity index (χ0n) is 68.0. The summed E-state index contributed by atoms with van der Waals surface area (Å²) in [5.41, 5.74) is 20.2. The molecular formula is C105H106O10. The van der Waals surface area contributed by atoms with Crippen molar-refractivity contribution in [2.45, 2.75) is 125 Å². The molecule has 16 atom stereocenters. The summed E-state index contributed by atoms with van der Waals surface area (Å²) < 4.78 is 69.2. The highest BCUT2D eigenvalue weighted by atomic mass is 16.8. The highest BCUT2D eigenvalue weighted by molar-refractivity contribution is 5.79. The van der Waals surface area contributed by atoms with Gasteiger partial charge in [-0.15, -0.1) is 0 Å². The van der Waals surface area contributed by atoms with Crippen molar-refractivity contribution < 1.29 is 47.4 Å². The molecule has 5 aliphatic heterocycles. The Morgan fingerprint density at radius 2 is 0.330 bits per heavy atom. The van der Waals surface area contributed by atoms with Crippen molar-refractivity contribution in [1.82, 2.24) is 0 Å². The maximum absolute atomic E-state index is 6.93. The summed E-state index contributed by atoms with van der Waals surface area (Å²) in [6.07, 6.45) is 0. The highest BCUT2D eigenvalue weighted by Gasteiger charge is 2.82. The van der Waals surface area contributed by atoms with E-state index in [4.69, 9.17) is 47.4 Å². The van der Waals surface area contributed by atoms with Crippen LogP contribution >= 0.6 is 0 Å². The summed E-state index contributed by atoms with van der Waals surface area (Å²) in [5.74, 6) is -4.79. The number of hydrogen-bond donors (Lipinski definition) is 0. The molecule has 8 fully saturated rings. The second-order valence-electron chi connectivity index (χ2n) is 35.6. The summed E-state index contributed by atoms with van der Waals surface area (Å²) in [7, 11) is 0. The summed E-state index contributed by atoms with van der Waals surface area (Å²) in [4.78, 5) is 0. The zero-order chi connectivity index (χ0) is 78.3. The van der Waals surface area contributed by atoms with Crippen molar-refractivity contribution in [1.29, 1.82) is 0 Å². The SMILES string of the molecule is CC1[C@@H](C)C2(c3ccc(C4(c5ccccc5)OCCO4)cc3)C3C4=C5C6=C3C(c3ccc(C7(c8ccccc8)OCCO7)cc3)(C(C)C2C)[C@@H](C)C(C)C6(c2ccc(C3(c6ccccc6)OCCO3)cc2)[C@@H](C)C(C)C5(c2ccc(C3(c5ccccc5)OCCO3)cc2)[C@@H](C)[C@@H](C)C41c1ccc(C2(c3ccccc3)OCCO2)cc1. The smallest absolute Gasteiger partial charge is 0.222 e. The van der Waals surface area contributed by atoms with Gasteiger partial charge in [-0.05, 0) is 109 Å². The van der Waals surface area contributed by atoms with Crippen LogP contribution in [0.1, 0.15) is 153 Å². The van der Waals surface area contributed by atoms with Crippen LogP contribution in [-0.2, 0) is 103 Å². The second-order valence-corrected chi connectivity index (χ2v) is 35.6. The fourth-order valence-electron chi connectivity index (χ4n) is 27.5. The molecule has 0 radical (unpaired) electrons. The lowest BCUT2D eigenvalue weighted by atomic mass is 9.30. The number of benzene rings is 10. The minimum absolute atomic E-state index is 0.0604. The van der Waals surface area contributed by atoms with Gasteiger partial charge in [-0.3, -0.25) is 0 Å². The zero-order valence-corrected chi connectivity index (χ0v) is 68.0. The highest BCUT2D eigenvalue weighted by Crippen LogP contribution is 2.86. The van der Waals surface area contributed by atoms with E-state index in [1.807, 2.05) is 0 Å². The van der Waals surface area contributed by atoms with E-state index in [0.717, 1.165) is 55.6 Å². The fourth-order valence-corrected chi connectivity index (χ4v) is 27.5. The molecule has 5 saturated heterocycles. The van der Waals surface area contributed by atoms with Crippen molar-refractivity contribution in [3.63, 3.8) is 0 Å². The molecule has 0 N–H and O–H groups in total. The Balaban J connectivity index is 0.898. The molecule has 11 unspecified atom stereocenters. The Hall–Kier alpha value is -8.72. The lowest BCUT2D eigenvalue weighted by Gasteiger charge is -2.72. The predicted molar refractivity (Wildman–Crippen MR) is 445 cm³/mol. The van der Waals surface area contributed by atoms with Gasteiger partial charge in [-0.2, -0.15) is 0 Å². The molecule has 10 heteroatoms. The molecule has 0 amide bonds. The number of hydrogen-bond acceptors (Lipinski definition) is 10. The fraction of sp³-hybridized carbons (Fsp3) is 0.390. The number of ether oxygens (including phenoxy) is 10. The third-order valence-corrected chi connectivity index (χ3v) is 32.5. The Morgan fingerprint density at radius 1 is 0.174 bits per heavy atom. The summed E-state index contributed by atoms with van der Waals surface area (Å²) in [5, 5.41) is 0. The maximum atomic E-state index is 6.93. The lowest BCUT2D eigenvalue weighted by molar-refractivity contribution is -0.130. The third-order valence-electron chi connectivity index (χ3n) is 32.5. The topological polar surface area (TPSA) is 92.3 Å². The van der Waals surface area contributed by atoms with Crippen LogP contribution in [0, 0.1) is 65.1 Å². The third kappa shape index (κ3) is 9.37. The van der Waals surface area contributed by atoms with E-state index in [2.05, 4.69) is 342 Å². The molecule has 0 spiro atoms. The molecular weight excluding hydrogens is 1420 g/mol. The van der Waals surface area contributed by atoms with E-state index in [-0.39, 0.29) is 65.1 Å². The van der Waals surface area contributed by atoms with Gasteiger partial charge in [0, 0.05) is 88.6 Å². The van der Waals surface area contributed by atoms with Gasteiger partial charge in [0.05, 0.1) is 66.1 Å². The van der Waals surface area contributed by atoms with Gasteiger partial charge in [-0.1, -0.05) is 342 Å². The van der Waals surface area contributed by atoms with Crippen molar-refractivity contribution in [3.05, 3.63) is 379 Å². The van der Waals surface area contributed by atoms with Gasteiger partial charge in [0.25, 0.3) is 0 Å². The number of rotatable bonds is 15. The van der Waals surface area contributed by atoms with Crippen LogP contribution in [0.3, 0.4) is 0 Å². The molecule has 0 aromatic heterocycles. The molecule has 586 valence electrons. The van der Waals surface area contributed by atoms with Gasteiger partial charge >= 0.3 is 0 Å². The predicted octanol–water partition coefficient (Wildman–Crippen LogP) is 20.6. The van der Waals surface area contributed by atoms with E-state index in [1.165, 1.54) is 27.8 Å². The van der Waals surface area contributed by atoms with Crippen molar-refractivity contribution in [2.24, 2.45) is 65.1 Å². The Labute approximate surface area is 678 Å². The van der Waals surface area contributed by atoms with Crippen LogP contribution in [0.5, 0.6) is 0 Å². The molecule has 3 saturated carbocycles. The molecule has 6 aliphatic carbocycles. The standard InChI is InChI=1S/C105H106O10/c1-66-67(2)97(77-38-48-87(49-39-77)102(108-58-59-109-102)82-28-18-12-19-29-82)70(5)71(6)99(79-42-52-89(53-43-79)104(112-62-63-113-104)84-32-22-14-23-33-84)74(9)75(10)100(80-44-54-90(55-45-80)105(114-64-65-115-105)85-34-24-15-25-35-85)73(8)72(7)98(78-40-50-88(51-41-78)103(110-60-61-111-103)83-30-20-13-21-31-83)69(4)68(3)96(66,91-92(97)94(99)95(100)93(91)98)76-36-46-86(47-37-76)101(106-56-57-107-101)81-26-16-11-17-27-81/h11-55,66-75,91H,56-65H2,1-10H3/t66-,67?,68?,69?,70-,71+,72+,73?,74?,75+,91?,96?,97?,98?,99?,100?/m1/s1. The molecule has 10 aromatic rings. The summed E-state index contributed by atoms with van der Waals surface area (Å²) in [6.45, 7) is 31.9. The van der Waals surface area contributed by atoms with Crippen molar-refractivity contribution >= 4 is 0 Å². The van der Waals surface area contributed by atoms with Gasteiger partial charge in [-0.25, -0.2) is 0 Å². The van der Waals surface area contributed by atoms with Crippen LogP contribution in [-0.4, -0.2) is 66.1 Å². The van der Waals surface area contributed by atoms with Crippen LogP contribution in [0.2, 0.25) is 0 Å². The summed E-state index contributed by atoms with van der Waals surface area (Å²) >= 11 is 0. The van der Waals surface area contributed by atoms with Crippen molar-refractivity contribution in [2.75, 3.05) is 66.1 Å². The molecule has 10 aromatic carbocycles. The minimum Gasteiger partial charge on any atom is -0.340 e. The van der Waals surface area contributed by atoms with Crippen molar-refractivity contribution in [3.8, 4) is 0 Å². The molecule has 0 bridgehead atoms. The monoisotopic (exact) mass is 1530 g/mol. The normalized spacial score (nSPS) is 34.0. The van der Waals surface area contributed by atoms with Crippen LogP contribution < -0.4 is 0 Å². The molecule has 115 heavy (non-hydrogen) atoms. The first-order valence-corrected chi connectivity index (χ1v) is 42.8. The second kappa shape index (κ2) is 26.9. The summed E-state index contributed by atoms with van der Waals surface area (Å²) in [6, 6.07) is 102. The van der Waals surface area contributed by atoms with E-state index in [1.54, 1.807) is 22.3 Å². The first-order valence-electron chi connectivity index (χ1n) is 42.8. The average Bonchev–Trinajstić information content (AvgIpc) is 1.44. The molecule has 10 nitrogen and oxygen atoms in total. The van der Waals surface area contributed by atoms with Gasteiger partial charge < -0.3 is 47.4 Å². The van der Waals surface area contributed by atoms with Crippen LogP contribution in [0.25, 0.3) is 0 Å². The van der Waals surface area contributed by atoms with E-state index >= 15 is 0 Å². The van der Waals surface area contributed by atoms with Gasteiger partial charge in [0.2, 0.25) is 28.9 Å².